The molecule has 1 unspecified atom stereocenters. The Morgan fingerprint density at radius 3 is 2.93 bits per heavy atom. The van der Waals surface area contributed by atoms with Crippen LogP contribution >= 0.6 is 0 Å². The maximum Gasteiger partial charge on any atom is 0.342 e. The molecule has 0 aliphatic carbocycles. The number of hydrogen-bond donors (Lipinski definition) is 1. The lowest BCUT2D eigenvalue weighted by molar-refractivity contribution is -0.392. The van der Waals surface area contributed by atoms with Crippen molar-refractivity contribution in [2.75, 3.05) is 5.75 Å². The van der Waals surface area contributed by atoms with Crippen LogP contribution in [-0.4, -0.2) is 29.0 Å². The predicted octanol–water partition coefficient (Wildman–Crippen LogP) is 0.321. The number of rotatable bonds is 4. The van der Waals surface area contributed by atoms with Gasteiger partial charge in [0.1, 0.15) is 12.7 Å². The zero-order valence-electron chi connectivity index (χ0n) is 7.41. The highest BCUT2D eigenvalue weighted by Crippen LogP contribution is 2.12. The Labute approximate surface area is 82.2 Å². The van der Waals surface area contributed by atoms with Crippen LogP contribution < -0.4 is 0 Å². The number of imidazole rings is 1. The Morgan fingerprint density at radius 1 is 1.79 bits per heavy atom. The predicted molar refractivity (Wildman–Crippen MR) is 49.3 cm³/mol. The minimum absolute atomic E-state index is 0.0436. The fraction of sp³-hybridized carbons (Fsp3) is 0.500. The quantitative estimate of drug-likeness (QED) is 0.446. The molecule has 0 radical (unpaired) electrons. The van der Waals surface area contributed by atoms with Crippen LogP contribution in [0.5, 0.6) is 0 Å². The summed E-state index contributed by atoms with van der Waals surface area (Å²) >= 11 is -1.95. The van der Waals surface area contributed by atoms with Crippen LogP contribution in [0.25, 0.3) is 0 Å². The second-order valence-corrected chi connectivity index (χ2v) is 3.65. The Kier molecular flexibility index (Phi) is 3.31. The zero-order valence-corrected chi connectivity index (χ0v) is 8.23. The van der Waals surface area contributed by atoms with E-state index in [1.165, 1.54) is 4.57 Å². The molecule has 1 rings (SSSR count). The van der Waals surface area contributed by atoms with Crippen molar-refractivity contribution in [1.82, 2.24) is 9.55 Å². The lowest BCUT2D eigenvalue weighted by atomic mass is 10.6. The van der Waals surface area contributed by atoms with E-state index < -0.39 is 16.0 Å². The fourth-order valence-corrected chi connectivity index (χ4v) is 1.39. The molecule has 1 N–H and O–H groups in total. The van der Waals surface area contributed by atoms with Crippen LogP contribution in [0.15, 0.2) is 6.20 Å². The third-order valence-electron chi connectivity index (χ3n) is 1.71. The van der Waals surface area contributed by atoms with Crippen molar-refractivity contribution in [3.63, 3.8) is 0 Å². The highest BCUT2D eigenvalue weighted by molar-refractivity contribution is 7.79. The monoisotopic (exact) mass is 219 g/mol. The van der Waals surface area contributed by atoms with Gasteiger partial charge in [-0.2, -0.15) is 0 Å². The van der Waals surface area contributed by atoms with Crippen molar-refractivity contribution in [3.05, 3.63) is 22.1 Å². The SMILES string of the molecule is Cc1ncc([N+](=O)[O-])n1CCS(=O)O. The fourth-order valence-electron chi connectivity index (χ4n) is 1.05. The van der Waals surface area contributed by atoms with Crippen molar-refractivity contribution in [3.8, 4) is 0 Å². The maximum atomic E-state index is 10.5. The van der Waals surface area contributed by atoms with Gasteiger partial charge in [-0.25, -0.2) is 13.8 Å². The van der Waals surface area contributed by atoms with E-state index in [9.17, 15) is 14.3 Å². The Hall–Kier alpha value is -1.28. The van der Waals surface area contributed by atoms with Crippen LogP contribution in [0.2, 0.25) is 0 Å². The first-order valence-corrected chi connectivity index (χ1v) is 5.04. The molecule has 0 saturated heterocycles. The molecule has 0 bridgehead atoms. The summed E-state index contributed by atoms with van der Waals surface area (Å²) in [6.07, 6.45) is 1.13. The molecule has 7 nitrogen and oxygen atoms in total. The molecule has 0 fully saturated rings. The molecule has 0 aromatic carbocycles. The number of hydrogen-bond acceptors (Lipinski definition) is 4. The first kappa shape index (κ1) is 10.8. The van der Waals surface area contributed by atoms with E-state index in [4.69, 9.17) is 4.55 Å². The van der Waals surface area contributed by atoms with E-state index in [0.29, 0.717) is 5.82 Å². The van der Waals surface area contributed by atoms with Crippen LogP contribution in [0.3, 0.4) is 0 Å². The van der Waals surface area contributed by atoms with Gasteiger partial charge in [-0.1, -0.05) is 0 Å². The molecule has 1 aromatic rings. The van der Waals surface area contributed by atoms with E-state index in [-0.39, 0.29) is 18.1 Å². The summed E-state index contributed by atoms with van der Waals surface area (Å²) in [6, 6.07) is 0. The lowest BCUT2D eigenvalue weighted by Gasteiger charge is -2.00. The average molecular weight is 219 g/mol. The van der Waals surface area contributed by atoms with Crippen molar-refractivity contribution < 1.29 is 13.7 Å². The van der Waals surface area contributed by atoms with Crippen molar-refractivity contribution in [1.29, 1.82) is 0 Å². The van der Waals surface area contributed by atoms with E-state index in [0.717, 1.165) is 6.20 Å². The van der Waals surface area contributed by atoms with E-state index in [2.05, 4.69) is 4.98 Å². The summed E-state index contributed by atoms with van der Waals surface area (Å²) in [7, 11) is 0. The summed E-state index contributed by atoms with van der Waals surface area (Å²) in [6.45, 7) is 1.72. The van der Waals surface area contributed by atoms with Crippen LogP contribution in [-0.2, 0) is 17.6 Å². The molecular formula is C6H9N3O4S. The number of nitro groups is 1. The Balaban J connectivity index is 2.88. The first-order chi connectivity index (χ1) is 6.52. The Bertz CT molecular complexity index is 375. The van der Waals surface area contributed by atoms with Gasteiger partial charge in [0.2, 0.25) is 0 Å². The van der Waals surface area contributed by atoms with Crippen molar-refractivity contribution in [2.24, 2.45) is 0 Å². The zero-order chi connectivity index (χ0) is 10.7. The van der Waals surface area contributed by atoms with Gasteiger partial charge in [0.05, 0.1) is 5.75 Å². The van der Waals surface area contributed by atoms with Gasteiger partial charge in [-0.15, -0.1) is 0 Å². The molecule has 0 spiro atoms. The van der Waals surface area contributed by atoms with E-state index in [1.54, 1.807) is 6.92 Å². The van der Waals surface area contributed by atoms with Crippen LogP contribution in [0, 0.1) is 17.0 Å². The highest BCUT2D eigenvalue weighted by atomic mass is 32.2. The topological polar surface area (TPSA) is 98.3 Å². The minimum Gasteiger partial charge on any atom is -0.358 e. The third-order valence-corrected chi connectivity index (χ3v) is 2.24. The molecule has 78 valence electrons. The highest BCUT2D eigenvalue weighted by Gasteiger charge is 2.17. The summed E-state index contributed by atoms with van der Waals surface area (Å²) in [5.41, 5.74) is 0. The second kappa shape index (κ2) is 4.29. The summed E-state index contributed by atoms with van der Waals surface area (Å²) in [5, 5.41) is 10.5. The van der Waals surface area contributed by atoms with E-state index in [1.807, 2.05) is 0 Å². The molecule has 1 atom stereocenters. The van der Waals surface area contributed by atoms with Gasteiger partial charge in [-0.05, 0) is 4.92 Å². The van der Waals surface area contributed by atoms with Crippen LogP contribution in [0.1, 0.15) is 5.82 Å². The van der Waals surface area contributed by atoms with Gasteiger partial charge in [0.25, 0.3) is 0 Å². The normalized spacial score (nSPS) is 12.7. The lowest BCUT2D eigenvalue weighted by Crippen LogP contribution is -2.10. The summed E-state index contributed by atoms with van der Waals surface area (Å²) in [4.78, 5) is 13.7. The number of aromatic nitrogens is 2. The van der Waals surface area contributed by atoms with Gasteiger partial charge in [0.15, 0.2) is 16.9 Å². The van der Waals surface area contributed by atoms with Crippen molar-refractivity contribution >= 4 is 16.9 Å². The molecule has 1 aromatic heterocycles. The molecule has 1 heterocycles. The van der Waals surface area contributed by atoms with Gasteiger partial charge < -0.3 is 14.7 Å². The van der Waals surface area contributed by atoms with Crippen LogP contribution in [0.4, 0.5) is 5.82 Å². The molecule has 0 aliphatic rings. The third kappa shape index (κ3) is 2.36. The molecule has 0 amide bonds. The van der Waals surface area contributed by atoms with Gasteiger partial charge in [0, 0.05) is 6.92 Å². The largest absolute Gasteiger partial charge is 0.358 e. The molecular weight excluding hydrogens is 210 g/mol. The minimum atomic E-state index is -1.95. The molecule has 0 aliphatic heterocycles. The number of aryl methyl sites for hydroxylation is 1. The smallest absolute Gasteiger partial charge is 0.342 e. The Morgan fingerprint density at radius 2 is 2.43 bits per heavy atom. The standard InChI is InChI=1S/C6H9N3O4S/c1-5-7-4-6(9(10)11)8(5)2-3-14(12)13/h4H,2-3H2,1H3,(H,12,13). The molecule has 8 heteroatoms. The second-order valence-electron chi connectivity index (χ2n) is 2.60. The molecule has 0 saturated carbocycles. The molecule has 14 heavy (non-hydrogen) atoms. The van der Waals surface area contributed by atoms with Gasteiger partial charge in [-0.3, -0.25) is 0 Å². The summed E-state index contributed by atoms with van der Waals surface area (Å²) in [5.74, 6) is 0.257. The number of nitrogens with zero attached hydrogens (tertiary/aromatic N) is 3. The maximum absolute atomic E-state index is 10.5. The first-order valence-electron chi connectivity index (χ1n) is 3.76. The summed E-state index contributed by atoms with van der Waals surface area (Å²) < 4.78 is 20.2. The van der Waals surface area contributed by atoms with Gasteiger partial charge >= 0.3 is 5.82 Å². The van der Waals surface area contributed by atoms with E-state index >= 15 is 0 Å². The van der Waals surface area contributed by atoms with Crippen molar-refractivity contribution in [2.45, 2.75) is 13.5 Å². The average Bonchev–Trinajstić information content (AvgIpc) is 2.43.